The Labute approximate surface area is 141 Å². The van der Waals surface area contributed by atoms with E-state index >= 15 is 0 Å². The second-order valence-electron chi connectivity index (χ2n) is 6.24. The van der Waals surface area contributed by atoms with Gasteiger partial charge in [0.1, 0.15) is 0 Å². The van der Waals surface area contributed by atoms with E-state index in [1.807, 2.05) is 38.1 Å². The molecule has 1 aromatic heterocycles. The molecule has 1 atom stereocenters. The maximum atomic E-state index is 12.6. The molecule has 2 aromatic rings. The largest absolute Gasteiger partial charge is 0.452 e. The molecule has 1 aliphatic carbocycles. The zero-order valence-electron chi connectivity index (χ0n) is 14.1. The summed E-state index contributed by atoms with van der Waals surface area (Å²) >= 11 is 0. The van der Waals surface area contributed by atoms with Crippen LogP contribution in [-0.2, 0) is 22.4 Å². The molecular formula is C19H22N2O3. The standard InChI is InChI=1S/C19H22N2O3/c1-3-12(2)20-17(22)11-24-19(23)18-13-7-4-5-9-15(13)21-16-10-6-8-14(16)18/h4-5,7,9,12H,3,6,8,10-11H2,1-2H3,(H,20,22)/t12-/m0/s1. The molecule has 3 rings (SSSR count). The summed E-state index contributed by atoms with van der Waals surface area (Å²) in [7, 11) is 0. The fraction of sp³-hybridized carbons (Fsp3) is 0.421. The van der Waals surface area contributed by atoms with E-state index in [0.717, 1.165) is 47.8 Å². The van der Waals surface area contributed by atoms with Crippen LogP contribution in [0.15, 0.2) is 24.3 Å². The first kappa shape index (κ1) is 16.4. The summed E-state index contributed by atoms with van der Waals surface area (Å²) in [5, 5.41) is 3.59. The molecule has 0 fully saturated rings. The van der Waals surface area contributed by atoms with Crippen molar-refractivity contribution in [2.75, 3.05) is 6.61 Å². The third kappa shape index (κ3) is 3.25. The minimum absolute atomic E-state index is 0.0715. The number of aromatic nitrogens is 1. The number of nitrogens with zero attached hydrogens (tertiary/aromatic N) is 1. The van der Waals surface area contributed by atoms with Gasteiger partial charge in [0, 0.05) is 17.1 Å². The summed E-state index contributed by atoms with van der Waals surface area (Å²) in [6.07, 6.45) is 3.54. The molecule has 5 nitrogen and oxygen atoms in total. The van der Waals surface area contributed by atoms with E-state index in [-0.39, 0.29) is 18.6 Å². The van der Waals surface area contributed by atoms with Crippen LogP contribution in [0.4, 0.5) is 0 Å². The number of nitrogens with one attached hydrogen (secondary N) is 1. The normalized spacial score (nSPS) is 14.2. The van der Waals surface area contributed by atoms with Gasteiger partial charge in [-0.3, -0.25) is 9.78 Å². The van der Waals surface area contributed by atoms with Gasteiger partial charge in [-0.1, -0.05) is 25.1 Å². The summed E-state index contributed by atoms with van der Waals surface area (Å²) in [6, 6.07) is 7.66. The smallest absolute Gasteiger partial charge is 0.339 e. The van der Waals surface area contributed by atoms with Gasteiger partial charge in [-0.25, -0.2) is 4.79 Å². The van der Waals surface area contributed by atoms with Gasteiger partial charge < -0.3 is 10.1 Å². The number of benzene rings is 1. The van der Waals surface area contributed by atoms with Gasteiger partial charge in [0.05, 0.1) is 11.1 Å². The summed E-state index contributed by atoms with van der Waals surface area (Å²) in [4.78, 5) is 29.2. The highest BCUT2D eigenvalue weighted by Crippen LogP contribution is 2.30. The Morgan fingerprint density at radius 1 is 1.29 bits per heavy atom. The van der Waals surface area contributed by atoms with Gasteiger partial charge in [-0.05, 0) is 44.2 Å². The quantitative estimate of drug-likeness (QED) is 0.858. The van der Waals surface area contributed by atoms with Gasteiger partial charge in [0.15, 0.2) is 6.61 Å². The number of carbonyl (C=O) groups excluding carboxylic acids is 2. The van der Waals surface area contributed by atoms with Crippen molar-refractivity contribution >= 4 is 22.8 Å². The van der Waals surface area contributed by atoms with E-state index in [9.17, 15) is 9.59 Å². The molecule has 126 valence electrons. The number of amides is 1. The highest BCUT2D eigenvalue weighted by Gasteiger charge is 2.25. The van der Waals surface area contributed by atoms with Crippen LogP contribution in [0, 0.1) is 0 Å². The molecule has 0 unspecified atom stereocenters. The number of carbonyl (C=O) groups is 2. The highest BCUT2D eigenvalue weighted by atomic mass is 16.5. The molecule has 1 aromatic carbocycles. The molecule has 0 aliphatic heterocycles. The number of esters is 1. The number of pyridine rings is 1. The van der Waals surface area contributed by atoms with Crippen molar-refractivity contribution in [3.05, 3.63) is 41.1 Å². The number of fused-ring (bicyclic) bond motifs is 2. The SMILES string of the molecule is CC[C@H](C)NC(=O)COC(=O)c1c2c(nc3ccccc13)CCC2. The summed E-state index contributed by atoms with van der Waals surface area (Å²) < 4.78 is 5.29. The van der Waals surface area contributed by atoms with E-state index in [1.165, 1.54) is 0 Å². The first-order valence-corrected chi connectivity index (χ1v) is 8.47. The minimum Gasteiger partial charge on any atom is -0.452 e. The van der Waals surface area contributed by atoms with E-state index in [2.05, 4.69) is 10.3 Å². The molecule has 1 amide bonds. The van der Waals surface area contributed by atoms with Crippen LogP contribution in [0.2, 0.25) is 0 Å². The van der Waals surface area contributed by atoms with Gasteiger partial charge in [-0.15, -0.1) is 0 Å². The summed E-state index contributed by atoms with van der Waals surface area (Å²) in [6.45, 7) is 3.65. The van der Waals surface area contributed by atoms with Crippen LogP contribution in [0.3, 0.4) is 0 Å². The second kappa shape index (κ2) is 6.99. The topological polar surface area (TPSA) is 68.3 Å². The van der Waals surface area contributed by atoms with Crippen molar-refractivity contribution in [2.45, 2.75) is 45.6 Å². The van der Waals surface area contributed by atoms with Crippen LogP contribution >= 0.6 is 0 Å². The van der Waals surface area contributed by atoms with Crippen molar-refractivity contribution < 1.29 is 14.3 Å². The van der Waals surface area contributed by atoms with Crippen molar-refractivity contribution in [1.29, 1.82) is 0 Å². The number of ether oxygens (including phenoxy) is 1. The summed E-state index contributed by atoms with van der Waals surface area (Å²) in [5.41, 5.74) is 3.32. The molecule has 24 heavy (non-hydrogen) atoms. The van der Waals surface area contributed by atoms with Crippen LogP contribution in [0.1, 0.15) is 48.3 Å². The molecule has 1 N–H and O–H groups in total. The van der Waals surface area contributed by atoms with Gasteiger partial charge >= 0.3 is 5.97 Å². The highest BCUT2D eigenvalue weighted by molar-refractivity contribution is 6.05. The Balaban J connectivity index is 1.84. The number of rotatable bonds is 5. The number of aryl methyl sites for hydroxylation is 1. The molecule has 0 bridgehead atoms. The van der Waals surface area contributed by atoms with Gasteiger partial charge in [0.25, 0.3) is 5.91 Å². The average molecular weight is 326 g/mol. The zero-order chi connectivity index (χ0) is 17.1. The second-order valence-corrected chi connectivity index (χ2v) is 6.24. The lowest BCUT2D eigenvalue weighted by molar-refractivity contribution is -0.124. The molecular weight excluding hydrogens is 304 g/mol. The average Bonchev–Trinajstić information content (AvgIpc) is 3.05. The Morgan fingerprint density at radius 3 is 2.88 bits per heavy atom. The number of hydrogen-bond donors (Lipinski definition) is 1. The summed E-state index contributed by atoms with van der Waals surface area (Å²) in [5.74, 6) is -0.709. The predicted octanol–water partition coefficient (Wildman–Crippen LogP) is 2.80. The Morgan fingerprint density at radius 2 is 2.08 bits per heavy atom. The molecule has 0 saturated heterocycles. The van der Waals surface area contributed by atoms with Crippen molar-refractivity contribution in [3.63, 3.8) is 0 Å². The monoisotopic (exact) mass is 326 g/mol. The van der Waals surface area contributed by atoms with E-state index < -0.39 is 5.97 Å². The number of para-hydroxylation sites is 1. The van der Waals surface area contributed by atoms with Crippen LogP contribution in [0.5, 0.6) is 0 Å². The van der Waals surface area contributed by atoms with Gasteiger partial charge in [0.2, 0.25) is 0 Å². The van der Waals surface area contributed by atoms with Gasteiger partial charge in [-0.2, -0.15) is 0 Å². The third-order valence-corrected chi connectivity index (χ3v) is 4.48. The minimum atomic E-state index is -0.439. The lowest BCUT2D eigenvalue weighted by Crippen LogP contribution is -2.35. The van der Waals surface area contributed by atoms with Crippen LogP contribution in [-0.4, -0.2) is 29.5 Å². The van der Waals surface area contributed by atoms with Crippen LogP contribution < -0.4 is 5.32 Å². The molecule has 1 heterocycles. The molecule has 0 spiro atoms. The molecule has 1 aliphatic rings. The van der Waals surface area contributed by atoms with Crippen molar-refractivity contribution in [1.82, 2.24) is 10.3 Å². The fourth-order valence-corrected chi connectivity index (χ4v) is 3.07. The molecule has 0 radical (unpaired) electrons. The Kier molecular flexibility index (Phi) is 4.79. The first-order chi connectivity index (χ1) is 11.6. The molecule has 0 saturated carbocycles. The lowest BCUT2D eigenvalue weighted by Gasteiger charge is -2.14. The van der Waals surface area contributed by atoms with Crippen LogP contribution in [0.25, 0.3) is 10.9 Å². The fourth-order valence-electron chi connectivity index (χ4n) is 3.07. The van der Waals surface area contributed by atoms with E-state index in [1.54, 1.807) is 0 Å². The first-order valence-electron chi connectivity index (χ1n) is 8.47. The van der Waals surface area contributed by atoms with E-state index in [4.69, 9.17) is 4.74 Å². The Hall–Kier alpha value is -2.43. The third-order valence-electron chi connectivity index (χ3n) is 4.48. The van der Waals surface area contributed by atoms with Crippen molar-refractivity contribution in [2.24, 2.45) is 0 Å². The predicted molar refractivity (Wildman–Crippen MR) is 91.9 cm³/mol. The van der Waals surface area contributed by atoms with Crippen molar-refractivity contribution in [3.8, 4) is 0 Å². The molecule has 5 heteroatoms. The number of hydrogen-bond acceptors (Lipinski definition) is 4. The van der Waals surface area contributed by atoms with E-state index in [0.29, 0.717) is 5.56 Å². The zero-order valence-corrected chi connectivity index (χ0v) is 14.1. The Bertz CT molecular complexity index is 786. The lowest BCUT2D eigenvalue weighted by atomic mass is 10.0. The maximum absolute atomic E-state index is 12.6. The maximum Gasteiger partial charge on any atom is 0.339 e.